The molecule has 2 amide bonds. The van der Waals surface area contributed by atoms with Gasteiger partial charge in [0.1, 0.15) is 5.82 Å². The van der Waals surface area contributed by atoms with Crippen molar-refractivity contribution in [3.63, 3.8) is 0 Å². The number of carbonyl (C=O) groups excluding carboxylic acids is 3. The van der Waals surface area contributed by atoms with Crippen LogP contribution in [0.25, 0.3) is 17.0 Å². The topological polar surface area (TPSA) is 80.2 Å². The number of fused-ring (bicyclic) bond motifs is 2. The van der Waals surface area contributed by atoms with E-state index in [-0.39, 0.29) is 29.5 Å². The van der Waals surface area contributed by atoms with Crippen LogP contribution in [0.3, 0.4) is 0 Å². The van der Waals surface area contributed by atoms with Crippen molar-refractivity contribution in [3.8, 4) is 0 Å². The minimum absolute atomic E-state index is 0.00760. The van der Waals surface area contributed by atoms with Crippen LogP contribution in [-0.2, 0) is 16.0 Å². The van der Waals surface area contributed by atoms with Crippen molar-refractivity contribution in [2.24, 2.45) is 5.92 Å². The molecule has 2 N–H and O–H groups in total. The number of hydrogen-bond donors (Lipinski definition) is 2. The average molecular weight is 460 g/mol. The molecule has 1 saturated carbocycles. The van der Waals surface area contributed by atoms with Crippen LogP contribution in [0.5, 0.6) is 0 Å². The Morgan fingerprint density at radius 3 is 2.68 bits per heavy atom. The summed E-state index contributed by atoms with van der Waals surface area (Å²) in [6, 6.07) is 11.5. The summed E-state index contributed by atoms with van der Waals surface area (Å²) in [5.41, 5.74) is 3.49. The molecule has 2 aliphatic rings. The third-order valence-corrected chi connectivity index (χ3v) is 6.65. The van der Waals surface area contributed by atoms with E-state index in [2.05, 4.69) is 10.6 Å². The first-order valence-corrected chi connectivity index (χ1v) is 11.7. The number of benzene rings is 2. The fourth-order valence-electron chi connectivity index (χ4n) is 4.90. The fraction of sp³-hybridized carbons (Fsp3) is 0.296. The van der Waals surface area contributed by atoms with Gasteiger partial charge >= 0.3 is 0 Å². The Hall–Kier alpha value is -3.74. The lowest BCUT2D eigenvalue weighted by atomic mass is 9.88. The molecule has 2 aromatic carbocycles. The van der Waals surface area contributed by atoms with Gasteiger partial charge in [-0.2, -0.15) is 0 Å². The SMILES string of the molecule is O=C(/C=C/c1cc2cc(F)ccc2n1C(=O)C1CCCCC1)Nc1ccc2c(c1)NC(=O)CC2. The molecule has 0 atom stereocenters. The fourth-order valence-corrected chi connectivity index (χ4v) is 4.90. The minimum Gasteiger partial charge on any atom is -0.326 e. The molecule has 7 heteroatoms. The average Bonchev–Trinajstić information content (AvgIpc) is 3.20. The normalized spacial score (nSPS) is 16.4. The number of aryl methyl sites for hydroxylation is 1. The lowest BCUT2D eigenvalue weighted by Crippen LogP contribution is -2.24. The van der Waals surface area contributed by atoms with Crippen molar-refractivity contribution in [2.45, 2.75) is 44.9 Å². The maximum atomic E-state index is 13.8. The minimum atomic E-state index is -0.373. The van der Waals surface area contributed by atoms with Crippen molar-refractivity contribution in [1.29, 1.82) is 0 Å². The van der Waals surface area contributed by atoms with E-state index in [0.29, 0.717) is 40.8 Å². The molecule has 174 valence electrons. The van der Waals surface area contributed by atoms with E-state index in [4.69, 9.17) is 0 Å². The van der Waals surface area contributed by atoms with Crippen LogP contribution in [0.1, 0.15) is 54.6 Å². The molecule has 6 nitrogen and oxygen atoms in total. The molecular weight excluding hydrogens is 433 g/mol. The third kappa shape index (κ3) is 4.51. The van der Waals surface area contributed by atoms with E-state index >= 15 is 0 Å². The second-order valence-electron chi connectivity index (χ2n) is 9.02. The van der Waals surface area contributed by atoms with Gasteiger partial charge in [-0.05, 0) is 67.3 Å². The summed E-state index contributed by atoms with van der Waals surface area (Å²) in [6.07, 6.45) is 8.98. The molecule has 0 saturated heterocycles. The molecule has 1 aliphatic carbocycles. The van der Waals surface area contributed by atoms with E-state index in [1.54, 1.807) is 34.9 Å². The maximum Gasteiger partial charge on any atom is 0.248 e. The standard InChI is InChI=1S/C27H26FN3O3/c28-20-8-11-24-19(14-20)15-22(31(24)27(34)18-4-2-1-3-5-18)10-13-25(32)29-21-9-6-17-7-12-26(33)30-23(17)16-21/h6,8-11,13-16,18H,1-5,7,12H2,(H,29,32)(H,30,33)/b13-10+. The van der Waals surface area contributed by atoms with Gasteiger partial charge in [-0.25, -0.2) is 4.39 Å². The Morgan fingerprint density at radius 1 is 1.03 bits per heavy atom. The Labute approximate surface area is 196 Å². The second kappa shape index (κ2) is 9.25. The van der Waals surface area contributed by atoms with Crippen molar-refractivity contribution >= 4 is 46.1 Å². The summed E-state index contributed by atoms with van der Waals surface area (Å²) in [6.45, 7) is 0. The van der Waals surface area contributed by atoms with Crippen molar-refractivity contribution in [1.82, 2.24) is 4.57 Å². The number of anilines is 2. The van der Waals surface area contributed by atoms with Crippen LogP contribution in [0, 0.1) is 11.7 Å². The van der Waals surface area contributed by atoms with Gasteiger partial charge in [0.2, 0.25) is 17.7 Å². The second-order valence-corrected chi connectivity index (χ2v) is 9.02. The quantitative estimate of drug-likeness (QED) is 0.503. The first-order valence-electron chi connectivity index (χ1n) is 11.7. The molecule has 0 spiro atoms. The van der Waals surface area contributed by atoms with E-state index in [1.807, 2.05) is 6.07 Å². The van der Waals surface area contributed by atoms with Crippen LogP contribution < -0.4 is 10.6 Å². The van der Waals surface area contributed by atoms with Crippen LogP contribution in [-0.4, -0.2) is 22.3 Å². The monoisotopic (exact) mass is 459 g/mol. The number of nitrogens with one attached hydrogen (secondary N) is 2. The number of nitrogens with zero attached hydrogens (tertiary/aromatic N) is 1. The smallest absolute Gasteiger partial charge is 0.248 e. The molecule has 2 heterocycles. The number of rotatable bonds is 4. The molecule has 5 rings (SSSR count). The Morgan fingerprint density at radius 2 is 1.85 bits per heavy atom. The Balaban J connectivity index is 1.40. The lowest BCUT2D eigenvalue weighted by Gasteiger charge is -2.21. The van der Waals surface area contributed by atoms with Crippen LogP contribution in [0.15, 0.2) is 48.5 Å². The number of halogens is 1. The summed E-state index contributed by atoms with van der Waals surface area (Å²) >= 11 is 0. The van der Waals surface area contributed by atoms with Crippen molar-refractivity contribution < 1.29 is 18.8 Å². The van der Waals surface area contributed by atoms with Gasteiger partial charge in [-0.15, -0.1) is 0 Å². The molecule has 1 aliphatic heterocycles. The van der Waals surface area contributed by atoms with E-state index < -0.39 is 0 Å². The molecule has 3 aromatic rings. The van der Waals surface area contributed by atoms with Gasteiger partial charge in [0.05, 0.1) is 5.52 Å². The lowest BCUT2D eigenvalue weighted by molar-refractivity contribution is -0.116. The summed E-state index contributed by atoms with van der Waals surface area (Å²) in [7, 11) is 0. The predicted octanol–water partition coefficient (Wildman–Crippen LogP) is 5.54. The number of carbonyl (C=O) groups is 3. The van der Waals surface area contributed by atoms with Gasteiger partial charge < -0.3 is 10.6 Å². The van der Waals surface area contributed by atoms with Gasteiger partial charge in [0.25, 0.3) is 0 Å². The zero-order valence-corrected chi connectivity index (χ0v) is 18.8. The van der Waals surface area contributed by atoms with E-state index in [9.17, 15) is 18.8 Å². The molecule has 0 radical (unpaired) electrons. The highest BCUT2D eigenvalue weighted by Gasteiger charge is 2.25. The van der Waals surface area contributed by atoms with Crippen molar-refractivity contribution in [3.05, 3.63) is 65.6 Å². The maximum absolute atomic E-state index is 13.8. The molecule has 0 unspecified atom stereocenters. The number of hydrogen-bond acceptors (Lipinski definition) is 3. The third-order valence-electron chi connectivity index (χ3n) is 6.65. The summed E-state index contributed by atoms with van der Waals surface area (Å²) in [4.78, 5) is 37.7. The van der Waals surface area contributed by atoms with Gasteiger partial charge in [-0.1, -0.05) is 25.3 Å². The zero-order chi connectivity index (χ0) is 23.7. The van der Waals surface area contributed by atoms with Crippen LogP contribution in [0.4, 0.5) is 15.8 Å². The Bertz CT molecular complexity index is 1320. The van der Waals surface area contributed by atoms with Gasteiger partial charge in [-0.3, -0.25) is 19.0 Å². The van der Waals surface area contributed by atoms with E-state index in [1.165, 1.54) is 18.2 Å². The number of amides is 2. The molecule has 1 aromatic heterocycles. The van der Waals surface area contributed by atoms with E-state index in [0.717, 1.165) is 37.7 Å². The Kier molecular flexibility index (Phi) is 6.01. The first-order chi connectivity index (χ1) is 16.5. The molecule has 1 fully saturated rings. The molecule has 0 bridgehead atoms. The van der Waals surface area contributed by atoms with Gasteiger partial charge in [0.15, 0.2) is 0 Å². The number of aromatic nitrogens is 1. The molecule has 34 heavy (non-hydrogen) atoms. The summed E-state index contributed by atoms with van der Waals surface area (Å²) < 4.78 is 15.4. The summed E-state index contributed by atoms with van der Waals surface area (Å²) in [5, 5.41) is 6.24. The molecular formula is C27H26FN3O3. The predicted molar refractivity (Wildman–Crippen MR) is 130 cm³/mol. The van der Waals surface area contributed by atoms with Crippen LogP contribution in [0.2, 0.25) is 0 Å². The highest BCUT2D eigenvalue weighted by Crippen LogP contribution is 2.30. The zero-order valence-electron chi connectivity index (χ0n) is 18.8. The summed E-state index contributed by atoms with van der Waals surface area (Å²) in [5.74, 6) is -0.853. The first kappa shape index (κ1) is 22.1. The largest absolute Gasteiger partial charge is 0.326 e. The highest BCUT2D eigenvalue weighted by molar-refractivity contribution is 6.04. The van der Waals surface area contributed by atoms with Gasteiger partial charge in [0, 0.05) is 40.9 Å². The highest BCUT2D eigenvalue weighted by atomic mass is 19.1. The van der Waals surface area contributed by atoms with Crippen molar-refractivity contribution in [2.75, 3.05) is 10.6 Å². The van der Waals surface area contributed by atoms with Crippen LogP contribution >= 0.6 is 0 Å².